The Morgan fingerprint density at radius 1 is 1.33 bits per heavy atom. The smallest absolute Gasteiger partial charge is 0.220 e. The number of hydrogen-bond acceptors (Lipinski definition) is 2. The van der Waals surface area contributed by atoms with Crippen LogP contribution in [0, 0.1) is 5.92 Å². The largest absolute Gasteiger partial charge is 0.349 e. The first-order chi connectivity index (χ1) is 8.81. The molecule has 0 bridgehead atoms. The summed E-state index contributed by atoms with van der Waals surface area (Å²) >= 11 is 0. The zero-order valence-corrected chi connectivity index (χ0v) is 11.0. The Bertz CT molecular complexity index is 373. The Morgan fingerprint density at radius 3 is 2.67 bits per heavy atom. The average Bonchev–Trinajstić information content (AvgIpc) is 3.22. The molecule has 0 aliphatic heterocycles. The van der Waals surface area contributed by atoms with Crippen LogP contribution in [0.2, 0.25) is 0 Å². The van der Waals surface area contributed by atoms with Gasteiger partial charge in [-0.3, -0.25) is 4.79 Å². The summed E-state index contributed by atoms with van der Waals surface area (Å²) in [6.45, 7) is 0.896. The van der Waals surface area contributed by atoms with E-state index in [1.54, 1.807) is 0 Å². The predicted molar refractivity (Wildman–Crippen MR) is 73.2 cm³/mol. The number of amides is 1. The lowest BCUT2D eigenvalue weighted by Crippen LogP contribution is -2.30. The molecule has 0 heterocycles. The lowest BCUT2D eigenvalue weighted by molar-refractivity contribution is -0.122. The summed E-state index contributed by atoms with van der Waals surface area (Å²) in [7, 11) is 1.91. The first-order valence-corrected chi connectivity index (χ1v) is 6.80. The van der Waals surface area contributed by atoms with Crippen molar-refractivity contribution in [2.45, 2.75) is 31.7 Å². The van der Waals surface area contributed by atoms with Crippen LogP contribution in [-0.2, 0) is 4.79 Å². The highest BCUT2D eigenvalue weighted by Gasteiger charge is 2.33. The lowest BCUT2D eigenvalue weighted by atomic mass is 10.0. The number of carbonyl (C=O) groups is 1. The van der Waals surface area contributed by atoms with Crippen LogP contribution >= 0.6 is 0 Å². The van der Waals surface area contributed by atoms with Crippen LogP contribution in [0.25, 0.3) is 0 Å². The van der Waals surface area contributed by atoms with Crippen LogP contribution in [0.3, 0.4) is 0 Å². The molecular weight excluding hydrogens is 224 g/mol. The summed E-state index contributed by atoms with van der Waals surface area (Å²) in [4.78, 5) is 11.9. The number of nitrogens with one attached hydrogen (secondary N) is 2. The van der Waals surface area contributed by atoms with Crippen molar-refractivity contribution < 1.29 is 4.79 Å². The molecule has 3 nitrogen and oxygen atoms in total. The average molecular weight is 246 g/mol. The van der Waals surface area contributed by atoms with E-state index in [-0.39, 0.29) is 11.9 Å². The second-order valence-electron chi connectivity index (χ2n) is 5.00. The molecule has 3 heteroatoms. The molecule has 0 spiro atoms. The van der Waals surface area contributed by atoms with Gasteiger partial charge in [0.25, 0.3) is 0 Å². The Labute approximate surface area is 109 Å². The minimum absolute atomic E-state index is 0.172. The van der Waals surface area contributed by atoms with Gasteiger partial charge in [0, 0.05) is 6.42 Å². The lowest BCUT2D eigenvalue weighted by Gasteiger charge is -2.18. The van der Waals surface area contributed by atoms with Crippen molar-refractivity contribution in [2.24, 2.45) is 5.92 Å². The van der Waals surface area contributed by atoms with Crippen molar-refractivity contribution >= 4 is 5.91 Å². The highest BCUT2D eigenvalue weighted by atomic mass is 16.1. The van der Waals surface area contributed by atoms with Crippen LogP contribution in [0.4, 0.5) is 0 Å². The van der Waals surface area contributed by atoms with Crippen molar-refractivity contribution in [3.05, 3.63) is 35.9 Å². The van der Waals surface area contributed by atoms with Crippen molar-refractivity contribution in [1.29, 1.82) is 0 Å². The fourth-order valence-electron chi connectivity index (χ4n) is 2.23. The maximum Gasteiger partial charge on any atom is 0.220 e. The van der Waals surface area contributed by atoms with E-state index in [1.807, 2.05) is 25.2 Å². The van der Waals surface area contributed by atoms with Crippen LogP contribution in [-0.4, -0.2) is 19.5 Å². The molecular formula is C15H22N2O. The Balaban J connectivity index is 1.89. The zero-order valence-electron chi connectivity index (χ0n) is 11.0. The third-order valence-electron chi connectivity index (χ3n) is 3.40. The van der Waals surface area contributed by atoms with Crippen LogP contribution < -0.4 is 10.6 Å². The van der Waals surface area contributed by atoms with Crippen molar-refractivity contribution in [3.63, 3.8) is 0 Å². The minimum atomic E-state index is 0.172. The van der Waals surface area contributed by atoms with Gasteiger partial charge >= 0.3 is 0 Å². The molecule has 1 aliphatic rings. The highest BCUT2D eigenvalue weighted by Crippen LogP contribution is 2.40. The summed E-state index contributed by atoms with van der Waals surface area (Å²) in [5.74, 6) is 0.812. The van der Waals surface area contributed by atoms with Gasteiger partial charge in [-0.05, 0) is 44.3 Å². The quantitative estimate of drug-likeness (QED) is 0.725. The van der Waals surface area contributed by atoms with E-state index in [9.17, 15) is 4.79 Å². The third-order valence-corrected chi connectivity index (χ3v) is 3.40. The van der Waals surface area contributed by atoms with Gasteiger partial charge in [0.2, 0.25) is 5.91 Å². The van der Waals surface area contributed by atoms with E-state index >= 15 is 0 Å². The molecule has 1 atom stereocenters. The molecule has 98 valence electrons. The topological polar surface area (TPSA) is 41.1 Å². The van der Waals surface area contributed by atoms with E-state index in [0.29, 0.717) is 12.3 Å². The van der Waals surface area contributed by atoms with E-state index in [0.717, 1.165) is 13.0 Å². The highest BCUT2D eigenvalue weighted by molar-refractivity contribution is 5.76. The number of benzene rings is 1. The number of carbonyl (C=O) groups excluding carboxylic acids is 1. The molecule has 0 saturated heterocycles. The fraction of sp³-hybridized carbons (Fsp3) is 0.533. The van der Waals surface area contributed by atoms with Gasteiger partial charge in [0.05, 0.1) is 6.04 Å². The molecule has 1 aliphatic carbocycles. The first kappa shape index (κ1) is 13.1. The monoisotopic (exact) mass is 246 g/mol. The van der Waals surface area contributed by atoms with Gasteiger partial charge < -0.3 is 10.6 Å². The molecule has 2 rings (SSSR count). The molecule has 1 aromatic rings. The van der Waals surface area contributed by atoms with E-state index in [2.05, 4.69) is 22.8 Å². The molecule has 0 radical (unpaired) electrons. The molecule has 18 heavy (non-hydrogen) atoms. The summed E-state index contributed by atoms with van der Waals surface area (Å²) in [5.41, 5.74) is 1.24. The first-order valence-electron chi connectivity index (χ1n) is 6.80. The Kier molecular flexibility index (Phi) is 4.76. The molecule has 1 unspecified atom stereocenters. The van der Waals surface area contributed by atoms with Gasteiger partial charge in [-0.2, -0.15) is 0 Å². The SMILES string of the molecule is CNCCCC(=O)NC(c1ccccc1)C1CC1. The molecule has 1 amide bonds. The molecule has 1 fully saturated rings. The molecule has 1 saturated carbocycles. The van der Waals surface area contributed by atoms with Gasteiger partial charge in [0.1, 0.15) is 0 Å². The summed E-state index contributed by atoms with van der Waals surface area (Å²) < 4.78 is 0. The second kappa shape index (κ2) is 6.55. The second-order valence-corrected chi connectivity index (χ2v) is 5.00. The Hall–Kier alpha value is -1.35. The summed E-state index contributed by atoms with van der Waals surface area (Å²) in [5, 5.41) is 6.25. The van der Waals surface area contributed by atoms with Gasteiger partial charge in [-0.15, -0.1) is 0 Å². The normalized spacial score (nSPS) is 16.3. The van der Waals surface area contributed by atoms with Crippen LogP contribution in [0.15, 0.2) is 30.3 Å². The molecule has 0 aromatic heterocycles. The standard InChI is InChI=1S/C15H22N2O/c1-16-11-5-8-14(18)17-15(13-9-10-13)12-6-3-2-4-7-12/h2-4,6-7,13,15-16H,5,8-11H2,1H3,(H,17,18). The fourth-order valence-corrected chi connectivity index (χ4v) is 2.23. The van der Waals surface area contributed by atoms with E-state index in [4.69, 9.17) is 0 Å². The van der Waals surface area contributed by atoms with Gasteiger partial charge in [-0.25, -0.2) is 0 Å². The maximum atomic E-state index is 11.9. The maximum absolute atomic E-state index is 11.9. The van der Waals surface area contributed by atoms with E-state index < -0.39 is 0 Å². The van der Waals surface area contributed by atoms with Crippen molar-refractivity contribution in [3.8, 4) is 0 Å². The molecule has 2 N–H and O–H groups in total. The minimum Gasteiger partial charge on any atom is -0.349 e. The number of rotatable bonds is 7. The predicted octanol–water partition coefficient (Wildman–Crippen LogP) is 2.25. The van der Waals surface area contributed by atoms with Crippen LogP contribution in [0.1, 0.15) is 37.3 Å². The van der Waals surface area contributed by atoms with Gasteiger partial charge in [0.15, 0.2) is 0 Å². The molecule has 1 aromatic carbocycles. The van der Waals surface area contributed by atoms with E-state index in [1.165, 1.54) is 18.4 Å². The van der Waals surface area contributed by atoms with Gasteiger partial charge in [-0.1, -0.05) is 30.3 Å². The third kappa shape index (κ3) is 3.84. The van der Waals surface area contributed by atoms with Crippen LogP contribution in [0.5, 0.6) is 0 Å². The summed E-state index contributed by atoms with van der Waals surface area (Å²) in [6.07, 6.45) is 3.97. The number of hydrogen-bond donors (Lipinski definition) is 2. The van der Waals surface area contributed by atoms with Crippen molar-refractivity contribution in [2.75, 3.05) is 13.6 Å². The Morgan fingerprint density at radius 2 is 2.06 bits per heavy atom. The van der Waals surface area contributed by atoms with Crippen molar-refractivity contribution in [1.82, 2.24) is 10.6 Å². The zero-order chi connectivity index (χ0) is 12.8. The summed E-state index contributed by atoms with van der Waals surface area (Å²) in [6, 6.07) is 10.5.